The molecule has 7 nitrogen and oxygen atoms in total. The molecule has 1 heterocycles. The van der Waals surface area contributed by atoms with Crippen LogP contribution in [0.5, 0.6) is 23.0 Å². The number of rotatable bonds is 7. The fourth-order valence-corrected chi connectivity index (χ4v) is 2.28. The standard InChI is InChI=1S/C18H18N2O5/c1-21-13-6-4-5-7-15(13)24-11-17-19-20-18(25-17)12-8-9-14(22-2)16(10-12)23-3/h4-10H,11H2,1-3H3. The van der Waals surface area contributed by atoms with Crippen molar-refractivity contribution in [3.8, 4) is 34.5 Å². The Labute approximate surface area is 145 Å². The molecule has 0 saturated carbocycles. The van der Waals surface area contributed by atoms with Gasteiger partial charge in [-0.3, -0.25) is 0 Å². The number of aromatic nitrogens is 2. The summed E-state index contributed by atoms with van der Waals surface area (Å²) in [6.07, 6.45) is 0. The monoisotopic (exact) mass is 342 g/mol. The summed E-state index contributed by atoms with van der Waals surface area (Å²) in [7, 11) is 4.74. The van der Waals surface area contributed by atoms with Crippen LogP contribution in [0.3, 0.4) is 0 Å². The molecule has 130 valence electrons. The van der Waals surface area contributed by atoms with Gasteiger partial charge in [-0.2, -0.15) is 0 Å². The van der Waals surface area contributed by atoms with Gasteiger partial charge in [0.15, 0.2) is 29.6 Å². The Balaban J connectivity index is 1.74. The lowest BCUT2D eigenvalue weighted by atomic mass is 10.2. The van der Waals surface area contributed by atoms with Gasteiger partial charge in [0.2, 0.25) is 5.89 Å². The number of hydrogen-bond acceptors (Lipinski definition) is 7. The largest absolute Gasteiger partial charge is 0.493 e. The van der Waals surface area contributed by atoms with Crippen LogP contribution >= 0.6 is 0 Å². The van der Waals surface area contributed by atoms with Crippen LogP contribution in [-0.4, -0.2) is 31.5 Å². The Morgan fingerprint density at radius 1 is 0.800 bits per heavy atom. The maximum absolute atomic E-state index is 5.68. The highest BCUT2D eigenvalue weighted by molar-refractivity contribution is 5.59. The van der Waals surface area contributed by atoms with Gasteiger partial charge in [-0.25, -0.2) is 0 Å². The van der Waals surface area contributed by atoms with E-state index in [9.17, 15) is 0 Å². The second-order valence-electron chi connectivity index (χ2n) is 5.01. The van der Waals surface area contributed by atoms with Crippen LogP contribution < -0.4 is 18.9 Å². The summed E-state index contributed by atoms with van der Waals surface area (Å²) in [6.45, 7) is 0.140. The Hall–Kier alpha value is -3.22. The van der Waals surface area contributed by atoms with Gasteiger partial charge < -0.3 is 23.4 Å². The van der Waals surface area contributed by atoms with Crippen molar-refractivity contribution in [2.75, 3.05) is 21.3 Å². The normalized spacial score (nSPS) is 10.4. The van der Waals surface area contributed by atoms with E-state index in [1.165, 1.54) is 0 Å². The summed E-state index contributed by atoms with van der Waals surface area (Å²) in [5, 5.41) is 8.05. The molecule has 0 atom stereocenters. The molecule has 0 unspecified atom stereocenters. The van der Waals surface area contributed by atoms with E-state index < -0.39 is 0 Å². The quantitative estimate of drug-likeness (QED) is 0.652. The van der Waals surface area contributed by atoms with Crippen molar-refractivity contribution in [3.63, 3.8) is 0 Å². The molecule has 0 fully saturated rings. The third-order valence-electron chi connectivity index (χ3n) is 3.52. The minimum Gasteiger partial charge on any atom is -0.493 e. The van der Waals surface area contributed by atoms with Gasteiger partial charge in [-0.15, -0.1) is 10.2 Å². The van der Waals surface area contributed by atoms with E-state index in [4.69, 9.17) is 23.4 Å². The lowest BCUT2D eigenvalue weighted by Crippen LogP contribution is -1.97. The fraction of sp³-hybridized carbons (Fsp3) is 0.222. The van der Waals surface area contributed by atoms with Crippen molar-refractivity contribution in [3.05, 3.63) is 48.4 Å². The summed E-state index contributed by atoms with van der Waals surface area (Å²) in [6, 6.07) is 12.7. The molecule has 0 aliphatic rings. The first-order valence-corrected chi connectivity index (χ1v) is 7.55. The number of ether oxygens (including phenoxy) is 4. The number of methoxy groups -OCH3 is 3. The van der Waals surface area contributed by atoms with Gasteiger partial charge in [-0.05, 0) is 30.3 Å². The molecular weight excluding hydrogens is 324 g/mol. The van der Waals surface area contributed by atoms with Crippen LogP contribution in [0, 0.1) is 0 Å². The average Bonchev–Trinajstić information content (AvgIpc) is 3.15. The van der Waals surface area contributed by atoms with Crippen LogP contribution in [-0.2, 0) is 6.61 Å². The molecule has 0 aliphatic heterocycles. The molecule has 2 aromatic carbocycles. The Morgan fingerprint density at radius 2 is 1.48 bits per heavy atom. The summed E-state index contributed by atoms with van der Waals surface area (Å²) in [4.78, 5) is 0. The molecule has 0 saturated heterocycles. The van der Waals surface area contributed by atoms with Crippen molar-refractivity contribution in [2.24, 2.45) is 0 Å². The highest BCUT2D eigenvalue weighted by atomic mass is 16.5. The first-order chi connectivity index (χ1) is 12.2. The van der Waals surface area contributed by atoms with Gasteiger partial charge in [-0.1, -0.05) is 12.1 Å². The molecule has 0 N–H and O–H groups in total. The van der Waals surface area contributed by atoms with Crippen LogP contribution in [0.25, 0.3) is 11.5 Å². The number of nitrogens with zero attached hydrogens (tertiary/aromatic N) is 2. The molecule has 0 bridgehead atoms. The van der Waals surface area contributed by atoms with Crippen molar-refractivity contribution in [2.45, 2.75) is 6.61 Å². The summed E-state index contributed by atoms with van der Waals surface area (Å²) >= 11 is 0. The van der Waals surface area contributed by atoms with Crippen molar-refractivity contribution < 1.29 is 23.4 Å². The molecule has 25 heavy (non-hydrogen) atoms. The third-order valence-corrected chi connectivity index (χ3v) is 3.52. The van der Waals surface area contributed by atoms with Crippen molar-refractivity contribution in [1.82, 2.24) is 10.2 Å². The summed E-state index contributed by atoms with van der Waals surface area (Å²) in [5.74, 6) is 3.20. The molecule has 0 amide bonds. The fourth-order valence-electron chi connectivity index (χ4n) is 2.28. The van der Waals surface area contributed by atoms with Crippen LogP contribution in [0.4, 0.5) is 0 Å². The van der Waals surface area contributed by atoms with E-state index in [1.54, 1.807) is 33.5 Å². The topological polar surface area (TPSA) is 75.8 Å². The van der Waals surface area contributed by atoms with Crippen LogP contribution in [0.2, 0.25) is 0 Å². The first kappa shape index (κ1) is 16.6. The van der Waals surface area contributed by atoms with E-state index >= 15 is 0 Å². The zero-order valence-electron chi connectivity index (χ0n) is 14.2. The van der Waals surface area contributed by atoms with Gasteiger partial charge >= 0.3 is 0 Å². The van der Waals surface area contributed by atoms with Crippen LogP contribution in [0.1, 0.15) is 5.89 Å². The maximum atomic E-state index is 5.68. The predicted molar refractivity (Wildman–Crippen MR) is 90.2 cm³/mol. The number of hydrogen-bond donors (Lipinski definition) is 0. The third kappa shape index (κ3) is 3.65. The van der Waals surface area contributed by atoms with Crippen molar-refractivity contribution >= 4 is 0 Å². The summed E-state index contributed by atoms with van der Waals surface area (Å²) in [5.41, 5.74) is 0.730. The SMILES string of the molecule is COc1ccc(-c2nnc(COc3ccccc3OC)o2)cc1OC. The van der Waals surface area contributed by atoms with Crippen molar-refractivity contribution in [1.29, 1.82) is 0 Å². The summed E-state index contributed by atoms with van der Waals surface area (Å²) < 4.78 is 27.1. The molecule has 3 rings (SSSR count). The highest BCUT2D eigenvalue weighted by Crippen LogP contribution is 2.32. The molecule has 3 aromatic rings. The second-order valence-corrected chi connectivity index (χ2v) is 5.01. The minimum atomic E-state index is 0.140. The Kier molecular flexibility index (Phi) is 5.03. The minimum absolute atomic E-state index is 0.140. The maximum Gasteiger partial charge on any atom is 0.254 e. The predicted octanol–water partition coefficient (Wildman–Crippen LogP) is 3.34. The van der Waals surface area contributed by atoms with Gasteiger partial charge in [0.05, 0.1) is 21.3 Å². The molecule has 0 aliphatic carbocycles. The van der Waals surface area contributed by atoms with E-state index in [0.29, 0.717) is 34.8 Å². The van der Waals surface area contributed by atoms with E-state index in [0.717, 1.165) is 5.56 Å². The van der Waals surface area contributed by atoms with E-state index in [-0.39, 0.29) is 6.61 Å². The smallest absolute Gasteiger partial charge is 0.254 e. The lowest BCUT2D eigenvalue weighted by molar-refractivity contribution is 0.251. The van der Waals surface area contributed by atoms with Gasteiger partial charge in [0.25, 0.3) is 5.89 Å². The van der Waals surface area contributed by atoms with E-state index in [2.05, 4.69) is 10.2 Å². The lowest BCUT2D eigenvalue weighted by Gasteiger charge is -2.08. The molecule has 0 spiro atoms. The molecule has 7 heteroatoms. The molecular formula is C18H18N2O5. The van der Waals surface area contributed by atoms with E-state index in [1.807, 2.05) is 30.3 Å². The average molecular weight is 342 g/mol. The Morgan fingerprint density at radius 3 is 2.20 bits per heavy atom. The number of para-hydroxylation sites is 2. The zero-order chi connectivity index (χ0) is 17.6. The highest BCUT2D eigenvalue weighted by Gasteiger charge is 2.13. The zero-order valence-corrected chi connectivity index (χ0v) is 14.2. The van der Waals surface area contributed by atoms with Gasteiger partial charge in [0, 0.05) is 5.56 Å². The second kappa shape index (κ2) is 7.57. The van der Waals surface area contributed by atoms with Gasteiger partial charge in [0.1, 0.15) is 0 Å². The molecule has 1 aromatic heterocycles. The van der Waals surface area contributed by atoms with Crippen LogP contribution in [0.15, 0.2) is 46.9 Å². The number of benzene rings is 2. The molecule has 0 radical (unpaired) electrons. The first-order valence-electron chi connectivity index (χ1n) is 7.55. The Bertz CT molecular complexity index is 847.